The number of nitrogens with one attached hydrogen (secondary N) is 1. The Balaban J connectivity index is 1.94. The molecule has 0 bridgehead atoms. The minimum absolute atomic E-state index is 0.442. The number of rotatable bonds is 1. The summed E-state index contributed by atoms with van der Waals surface area (Å²) in [5.74, 6) is 0. The standard InChI is InChI=1S/C15H15N/c1-11-6-5-9-13-10-14(16-15(11)13)12-7-3-2-4-8-12/h2-9,14,16H,10H2,1H3. The summed E-state index contributed by atoms with van der Waals surface area (Å²) in [5.41, 5.74) is 5.49. The zero-order valence-electron chi connectivity index (χ0n) is 9.40. The van der Waals surface area contributed by atoms with Crippen molar-refractivity contribution >= 4 is 5.69 Å². The van der Waals surface area contributed by atoms with E-state index >= 15 is 0 Å². The van der Waals surface area contributed by atoms with Crippen LogP contribution in [-0.4, -0.2) is 0 Å². The van der Waals surface area contributed by atoms with Crippen molar-refractivity contribution in [3.8, 4) is 0 Å². The van der Waals surface area contributed by atoms with Gasteiger partial charge in [0.15, 0.2) is 0 Å². The van der Waals surface area contributed by atoms with Gasteiger partial charge in [0.2, 0.25) is 0 Å². The second kappa shape index (κ2) is 3.67. The largest absolute Gasteiger partial charge is 0.377 e. The van der Waals surface area contributed by atoms with Crippen molar-refractivity contribution in [2.45, 2.75) is 19.4 Å². The molecule has 1 unspecified atom stereocenters. The molecule has 1 atom stereocenters. The van der Waals surface area contributed by atoms with E-state index in [9.17, 15) is 0 Å². The van der Waals surface area contributed by atoms with Crippen molar-refractivity contribution < 1.29 is 0 Å². The number of fused-ring (bicyclic) bond motifs is 1. The highest BCUT2D eigenvalue weighted by Crippen LogP contribution is 2.35. The van der Waals surface area contributed by atoms with E-state index in [1.165, 1.54) is 22.4 Å². The molecule has 1 aliphatic rings. The van der Waals surface area contributed by atoms with E-state index in [1.807, 2.05) is 0 Å². The first-order valence-electron chi connectivity index (χ1n) is 5.74. The summed E-state index contributed by atoms with van der Waals surface area (Å²) in [7, 11) is 0. The minimum atomic E-state index is 0.442. The molecule has 1 nitrogen and oxygen atoms in total. The van der Waals surface area contributed by atoms with E-state index < -0.39 is 0 Å². The second-order valence-corrected chi connectivity index (χ2v) is 4.42. The Morgan fingerprint density at radius 2 is 1.81 bits per heavy atom. The van der Waals surface area contributed by atoms with Crippen LogP contribution >= 0.6 is 0 Å². The molecule has 1 heterocycles. The van der Waals surface area contributed by atoms with Crippen LogP contribution in [0.1, 0.15) is 22.7 Å². The number of para-hydroxylation sites is 1. The highest BCUT2D eigenvalue weighted by atomic mass is 15.0. The first kappa shape index (κ1) is 9.46. The fourth-order valence-electron chi connectivity index (χ4n) is 2.44. The zero-order chi connectivity index (χ0) is 11.0. The van der Waals surface area contributed by atoms with Gasteiger partial charge < -0.3 is 5.32 Å². The molecule has 16 heavy (non-hydrogen) atoms. The Kier molecular flexibility index (Phi) is 2.17. The van der Waals surface area contributed by atoms with Crippen LogP contribution in [0.15, 0.2) is 48.5 Å². The molecule has 1 N–H and O–H groups in total. The van der Waals surface area contributed by atoms with Gasteiger partial charge in [-0.05, 0) is 30.0 Å². The second-order valence-electron chi connectivity index (χ2n) is 4.42. The summed E-state index contributed by atoms with van der Waals surface area (Å²) >= 11 is 0. The topological polar surface area (TPSA) is 12.0 Å². The normalized spacial score (nSPS) is 17.9. The summed E-state index contributed by atoms with van der Waals surface area (Å²) in [6.45, 7) is 2.17. The Hall–Kier alpha value is -1.76. The van der Waals surface area contributed by atoms with Gasteiger partial charge in [0.1, 0.15) is 0 Å². The molecule has 0 fully saturated rings. The molecule has 0 saturated heterocycles. The predicted octanol–water partition coefficient (Wildman–Crippen LogP) is 3.70. The molecule has 0 saturated carbocycles. The molecule has 0 aliphatic carbocycles. The van der Waals surface area contributed by atoms with E-state index in [2.05, 4.69) is 60.8 Å². The third-order valence-corrected chi connectivity index (χ3v) is 3.30. The highest BCUT2D eigenvalue weighted by Gasteiger charge is 2.22. The number of benzene rings is 2. The Bertz CT molecular complexity index is 502. The van der Waals surface area contributed by atoms with Gasteiger partial charge in [0.05, 0.1) is 6.04 Å². The number of hydrogen-bond acceptors (Lipinski definition) is 1. The SMILES string of the molecule is Cc1cccc2c1NC(c1ccccc1)C2. The van der Waals surface area contributed by atoms with Gasteiger partial charge in [-0.15, -0.1) is 0 Å². The maximum atomic E-state index is 3.62. The van der Waals surface area contributed by atoms with Gasteiger partial charge in [-0.25, -0.2) is 0 Å². The maximum absolute atomic E-state index is 3.62. The molecule has 80 valence electrons. The average molecular weight is 209 g/mol. The quantitative estimate of drug-likeness (QED) is 0.755. The van der Waals surface area contributed by atoms with Gasteiger partial charge in [0.25, 0.3) is 0 Å². The van der Waals surface area contributed by atoms with E-state index in [-0.39, 0.29) is 0 Å². The van der Waals surface area contributed by atoms with Crippen LogP contribution in [0.25, 0.3) is 0 Å². The lowest BCUT2D eigenvalue weighted by molar-refractivity contribution is 0.824. The fourth-order valence-corrected chi connectivity index (χ4v) is 2.44. The number of aryl methyl sites for hydroxylation is 1. The lowest BCUT2D eigenvalue weighted by Crippen LogP contribution is -2.05. The van der Waals surface area contributed by atoms with Crippen LogP contribution in [0.3, 0.4) is 0 Å². The molecule has 3 rings (SSSR count). The van der Waals surface area contributed by atoms with Crippen molar-refractivity contribution in [3.63, 3.8) is 0 Å². The smallest absolute Gasteiger partial charge is 0.0555 e. The van der Waals surface area contributed by atoms with Crippen molar-refractivity contribution in [3.05, 3.63) is 65.2 Å². The third kappa shape index (κ3) is 1.49. The van der Waals surface area contributed by atoms with Crippen molar-refractivity contribution in [2.75, 3.05) is 5.32 Å². The average Bonchev–Trinajstić information content (AvgIpc) is 2.76. The van der Waals surface area contributed by atoms with Crippen molar-refractivity contribution in [1.29, 1.82) is 0 Å². The van der Waals surface area contributed by atoms with Gasteiger partial charge in [-0.2, -0.15) is 0 Å². The molecule has 1 heteroatoms. The Labute approximate surface area is 96.1 Å². The maximum Gasteiger partial charge on any atom is 0.0555 e. The molecular weight excluding hydrogens is 194 g/mol. The summed E-state index contributed by atoms with van der Waals surface area (Å²) in [6, 6.07) is 17.6. The van der Waals surface area contributed by atoms with Crippen LogP contribution < -0.4 is 5.32 Å². The van der Waals surface area contributed by atoms with Crippen molar-refractivity contribution in [2.24, 2.45) is 0 Å². The Morgan fingerprint density at radius 3 is 2.56 bits per heavy atom. The molecule has 1 aliphatic heterocycles. The molecule has 2 aromatic carbocycles. The lowest BCUT2D eigenvalue weighted by Gasteiger charge is -2.11. The zero-order valence-corrected chi connectivity index (χ0v) is 9.40. The summed E-state index contributed by atoms with van der Waals surface area (Å²) in [5, 5.41) is 3.62. The van der Waals surface area contributed by atoms with Gasteiger partial charge in [0, 0.05) is 5.69 Å². The number of hydrogen-bond donors (Lipinski definition) is 1. The van der Waals surface area contributed by atoms with E-state index in [0.29, 0.717) is 6.04 Å². The first-order chi connectivity index (χ1) is 7.84. The van der Waals surface area contributed by atoms with E-state index in [4.69, 9.17) is 0 Å². The molecule has 0 aromatic heterocycles. The monoisotopic (exact) mass is 209 g/mol. The van der Waals surface area contributed by atoms with E-state index in [1.54, 1.807) is 0 Å². The molecular formula is C15H15N. The summed E-state index contributed by atoms with van der Waals surface area (Å²) in [6.07, 6.45) is 1.10. The highest BCUT2D eigenvalue weighted by molar-refractivity contribution is 5.62. The van der Waals surface area contributed by atoms with Crippen LogP contribution in [-0.2, 0) is 6.42 Å². The molecule has 0 amide bonds. The van der Waals surface area contributed by atoms with E-state index in [0.717, 1.165) is 6.42 Å². The van der Waals surface area contributed by atoms with Gasteiger partial charge in [-0.3, -0.25) is 0 Å². The van der Waals surface area contributed by atoms with Gasteiger partial charge in [-0.1, -0.05) is 48.5 Å². The summed E-state index contributed by atoms with van der Waals surface area (Å²) < 4.78 is 0. The fraction of sp³-hybridized carbons (Fsp3) is 0.200. The predicted molar refractivity (Wildman–Crippen MR) is 67.7 cm³/mol. The molecule has 0 radical (unpaired) electrons. The van der Waals surface area contributed by atoms with Crippen LogP contribution in [0, 0.1) is 6.92 Å². The number of anilines is 1. The Morgan fingerprint density at radius 1 is 1.00 bits per heavy atom. The third-order valence-electron chi connectivity index (χ3n) is 3.30. The molecule has 2 aromatic rings. The molecule has 0 spiro atoms. The van der Waals surface area contributed by atoms with Crippen molar-refractivity contribution in [1.82, 2.24) is 0 Å². The lowest BCUT2D eigenvalue weighted by atomic mass is 10.0. The summed E-state index contributed by atoms with van der Waals surface area (Å²) in [4.78, 5) is 0. The minimum Gasteiger partial charge on any atom is -0.377 e. The van der Waals surface area contributed by atoms with Gasteiger partial charge >= 0.3 is 0 Å². The van der Waals surface area contributed by atoms with Crippen LogP contribution in [0.2, 0.25) is 0 Å². The van der Waals surface area contributed by atoms with Crippen LogP contribution in [0.4, 0.5) is 5.69 Å². The van der Waals surface area contributed by atoms with Crippen LogP contribution in [0.5, 0.6) is 0 Å². The first-order valence-corrected chi connectivity index (χ1v) is 5.74.